The van der Waals surface area contributed by atoms with Crippen LogP contribution in [0, 0.1) is 0 Å². The molecule has 0 atom stereocenters. The van der Waals surface area contributed by atoms with Gasteiger partial charge in [0.05, 0.1) is 13.2 Å². The van der Waals surface area contributed by atoms with Crippen molar-refractivity contribution >= 4 is 8.38 Å². The highest BCUT2D eigenvalue weighted by Gasteiger charge is 2.45. The lowest BCUT2D eigenvalue weighted by molar-refractivity contribution is -0.0556. The molecule has 0 saturated carbocycles. The summed E-state index contributed by atoms with van der Waals surface area (Å²) in [5, 5.41) is 0. The molecule has 0 amide bonds. The summed E-state index contributed by atoms with van der Waals surface area (Å²) in [4.78, 5) is 0. The van der Waals surface area contributed by atoms with Crippen LogP contribution in [0.5, 0.6) is 0 Å². The Balaban J connectivity index is 2.42. The Hall–Kier alpha value is 0.140. The number of halogens is 3. The lowest BCUT2D eigenvalue weighted by Gasteiger charge is -2.09. The van der Waals surface area contributed by atoms with Crippen LogP contribution in [0.25, 0.3) is 0 Å². The van der Waals surface area contributed by atoms with E-state index in [1.807, 2.05) is 0 Å². The molecule has 0 aromatic heterocycles. The molecule has 1 saturated heterocycles. The van der Waals surface area contributed by atoms with Crippen LogP contribution in [0.3, 0.4) is 0 Å². The van der Waals surface area contributed by atoms with Crippen molar-refractivity contribution < 1.29 is 22.2 Å². The van der Waals surface area contributed by atoms with E-state index in [-0.39, 0.29) is 13.2 Å². The Morgan fingerprint density at radius 2 is 1.56 bits per heavy atom. The fourth-order valence-electron chi connectivity index (χ4n) is 0.424. The average molecular weight is 160 g/mol. The molecule has 54 valence electrons. The van der Waals surface area contributed by atoms with Crippen LogP contribution in [0.4, 0.5) is 13.2 Å². The fraction of sp³-hybridized carbons (Fsp3) is 1.00. The SMILES string of the molecule is FC(F)(F)P1OCCO1. The normalized spacial score (nSPS) is 23.0. The Bertz CT molecular complexity index is 97.7. The Kier molecular flexibility index (Phi) is 1.94. The third kappa shape index (κ3) is 1.78. The molecule has 0 aromatic rings. The van der Waals surface area contributed by atoms with Crippen molar-refractivity contribution in [2.24, 2.45) is 0 Å². The summed E-state index contributed by atoms with van der Waals surface area (Å²) >= 11 is 0. The van der Waals surface area contributed by atoms with Gasteiger partial charge in [-0.25, -0.2) is 0 Å². The Labute approximate surface area is 50.9 Å². The van der Waals surface area contributed by atoms with Crippen LogP contribution in [0.15, 0.2) is 0 Å². The third-order valence-corrected chi connectivity index (χ3v) is 1.96. The molecule has 9 heavy (non-hydrogen) atoms. The first-order valence-corrected chi connectivity index (χ1v) is 3.41. The predicted molar refractivity (Wildman–Crippen MR) is 24.9 cm³/mol. The highest BCUT2D eigenvalue weighted by molar-refractivity contribution is 7.48. The standard InChI is InChI=1S/C3H4F3O2P/c4-3(5,6)9-7-1-2-8-9/h1-2H2. The number of rotatable bonds is 0. The van der Waals surface area contributed by atoms with Crippen LogP contribution >= 0.6 is 8.38 Å². The molecular weight excluding hydrogens is 156 g/mol. The van der Waals surface area contributed by atoms with Gasteiger partial charge in [-0.05, 0) is 0 Å². The zero-order valence-corrected chi connectivity index (χ0v) is 5.21. The number of alkyl halides is 3. The van der Waals surface area contributed by atoms with Crippen molar-refractivity contribution in [2.75, 3.05) is 13.2 Å². The second kappa shape index (κ2) is 2.40. The Morgan fingerprint density at radius 3 is 1.78 bits per heavy atom. The van der Waals surface area contributed by atoms with Crippen molar-refractivity contribution in [3.05, 3.63) is 0 Å². The van der Waals surface area contributed by atoms with E-state index >= 15 is 0 Å². The van der Waals surface area contributed by atoms with E-state index < -0.39 is 14.3 Å². The van der Waals surface area contributed by atoms with Crippen LogP contribution in [-0.4, -0.2) is 19.1 Å². The van der Waals surface area contributed by atoms with Crippen molar-refractivity contribution in [1.29, 1.82) is 0 Å². The van der Waals surface area contributed by atoms with Gasteiger partial charge in [0.15, 0.2) is 0 Å². The minimum Gasteiger partial charge on any atom is -0.325 e. The van der Waals surface area contributed by atoms with Gasteiger partial charge in [0.2, 0.25) is 0 Å². The smallest absolute Gasteiger partial charge is 0.325 e. The number of hydrogen-bond acceptors (Lipinski definition) is 2. The molecule has 1 heterocycles. The molecular formula is C3H4F3O2P. The van der Waals surface area contributed by atoms with E-state index in [1.165, 1.54) is 0 Å². The van der Waals surface area contributed by atoms with Crippen molar-refractivity contribution in [3.63, 3.8) is 0 Å². The molecule has 1 rings (SSSR count). The predicted octanol–water partition coefficient (Wildman–Crippen LogP) is 1.86. The third-order valence-electron chi connectivity index (χ3n) is 0.707. The highest BCUT2D eigenvalue weighted by Crippen LogP contribution is 2.57. The summed E-state index contributed by atoms with van der Waals surface area (Å²) in [7, 11) is -2.59. The van der Waals surface area contributed by atoms with Gasteiger partial charge in [-0.15, -0.1) is 0 Å². The summed E-state index contributed by atoms with van der Waals surface area (Å²) in [6, 6.07) is 0. The quantitative estimate of drug-likeness (QED) is 0.503. The molecule has 0 N–H and O–H groups in total. The number of hydrogen-bond donors (Lipinski definition) is 0. The van der Waals surface area contributed by atoms with Gasteiger partial charge in [-0.3, -0.25) is 0 Å². The molecule has 0 bridgehead atoms. The summed E-state index contributed by atoms with van der Waals surface area (Å²) in [5.74, 6) is -4.30. The minimum absolute atomic E-state index is 0.0607. The van der Waals surface area contributed by atoms with Crippen LogP contribution in [0.2, 0.25) is 0 Å². The highest BCUT2D eigenvalue weighted by atomic mass is 31.2. The van der Waals surface area contributed by atoms with E-state index in [1.54, 1.807) is 0 Å². The van der Waals surface area contributed by atoms with Gasteiger partial charge in [-0.2, -0.15) is 13.2 Å². The summed E-state index contributed by atoms with van der Waals surface area (Å²) < 4.78 is 43.1. The van der Waals surface area contributed by atoms with Crippen LogP contribution in [-0.2, 0) is 9.05 Å². The molecule has 1 fully saturated rings. The molecule has 1 aliphatic heterocycles. The molecule has 0 spiro atoms. The largest absolute Gasteiger partial charge is 0.458 e. The van der Waals surface area contributed by atoms with Gasteiger partial charge in [-0.1, -0.05) is 0 Å². The maximum Gasteiger partial charge on any atom is 0.458 e. The van der Waals surface area contributed by atoms with E-state index in [0.29, 0.717) is 0 Å². The lowest BCUT2D eigenvalue weighted by atomic mass is 10.8. The van der Waals surface area contributed by atoms with E-state index in [0.717, 1.165) is 0 Å². The van der Waals surface area contributed by atoms with Gasteiger partial charge in [0.1, 0.15) is 0 Å². The molecule has 2 nitrogen and oxygen atoms in total. The van der Waals surface area contributed by atoms with Crippen LogP contribution in [0.1, 0.15) is 0 Å². The zero-order chi connectivity index (χ0) is 6.91. The molecule has 1 aliphatic rings. The second-order valence-corrected chi connectivity index (χ2v) is 2.93. The summed E-state index contributed by atoms with van der Waals surface area (Å²) in [5.41, 5.74) is 0. The molecule has 0 unspecified atom stereocenters. The zero-order valence-electron chi connectivity index (χ0n) is 4.31. The van der Waals surface area contributed by atoms with Gasteiger partial charge in [0, 0.05) is 0 Å². The molecule has 0 aliphatic carbocycles. The average Bonchev–Trinajstić information content (AvgIpc) is 2.08. The first-order valence-electron chi connectivity index (χ1n) is 2.23. The Morgan fingerprint density at radius 1 is 1.11 bits per heavy atom. The molecule has 0 radical (unpaired) electrons. The van der Waals surface area contributed by atoms with Crippen molar-refractivity contribution in [1.82, 2.24) is 0 Å². The first kappa shape index (κ1) is 7.25. The lowest BCUT2D eigenvalue weighted by Crippen LogP contribution is -2.03. The minimum atomic E-state index is -4.30. The van der Waals surface area contributed by atoms with Crippen molar-refractivity contribution in [2.45, 2.75) is 5.92 Å². The molecule has 6 heteroatoms. The monoisotopic (exact) mass is 160 g/mol. The molecule has 0 aromatic carbocycles. The fourth-order valence-corrected chi connectivity index (χ4v) is 1.27. The van der Waals surface area contributed by atoms with E-state index in [2.05, 4.69) is 9.05 Å². The summed E-state index contributed by atoms with van der Waals surface area (Å²) in [6.45, 7) is 0.121. The second-order valence-electron chi connectivity index (χ2n) is 1.39. The van der Waals surface area contributed by atoms with Crippen molar-refractivity contribution in [3.8, 4) is 0 Å². The topological polar surface area (TPSA) is 18.5 Å². The van der Waals surface area contributed by atoms with Gasteiger partial charge < -0.3 is 9.05 Å². The summed E-state index contributed by atoms with van der Waals surface area (Å²) in [6.07, 6.45) is 0. The maximum absolute atomic E-state index is 11.5. The van der Waals surface area contributed by atoms with E-state index in [4.69, 9.17) is 0 Å². The van der Waals surface area contributed by atoms with Gasteiger partial charge >= 0.3 is 5.92 Å². The van der Waals surface area contributed by atoms with Gasteiger partial charge in [0.25, 0.3) is 8.38 Å². The maximum atomic E-state index is 11.5. The van der Waals surface area contributed by atoms with Crippen LogP contribution < -0.4 is 0 Å². The van der Waals surface area contributed by atoms with E-state index in [9.17, 15) is 13.2 Å². The first-order chi connectivity index (χ1) is 4.11.